The minimum atomic E-state index is -0.709. The number of nitrogens with zero attached hydrogens (tertiary/aromatic N) is 2. The van der Waals surface area contributed by atoms with Gasteiger partial charge in [-0.1, -0.05) is 0 Å². The van der Waals surface area contributed by atoms with E-state index in [1.54, 1.807) is 25.1 Å². The summed E-state index contributed by atoms with van der Waals surface area (Å²) in [5.41, 5.74) is 0.687. The van der Waals surface area contributed by atoms with Crippen molar-refractivity contribution in [2.24, 2.45) is 0 Å². The maximum Gasteiger partial charge on any atom is 0.339 e. The molecule has 1 aliphatic heterocycles. The summed E-state index contributed by atoms with van der Waals surface area (Å²) in [5, 5.41) is 10.7. The van der Waals surface area contributed by atoms with E-state index in [0.717, 1.165) is 0 Å². The van der Waals surface area contributed by atoms with Gasteiger partial charge in [0.1, 0.15) is 11.5 Å². The summed E-state index contributed by atoms with van der Waals surface area (Å²) in [4.78, 5) is 36.7. The van der Waals surface area contributed by atoms with Crippen molar-refractivity contribution in [2.45, 2.75) is 25.7 Å². The number of hydrogen-bond donors (Lipinski definition) is 0. The number of nitro groups is 1. The zero-order valence-corrected chi connectivity index (χ0v) is 17.3. The second-order valence-electron chi connectivity index (χ2n) is 6.84. The monoisotopic (exact) mass is 430 g/mol. The van der Waals surface area contributed by atoms with E-state index in [1.807, 2.05) is 0 Å². The van der Waals surface area contributed by atoms with Crippen LogP contribution in [-0.2, 0) is 20.8 Å². The normalized spacial score (nSPS) is 16.9. The zero-order chi connectivity index (χ0) is 22.5. The SMILES string of the molecule is COc1ccc(CN(COC(=O)c2ccc([N+](=O)[O-])cc2)C(=O)[C@@H]2O[C@@H]2C)c(OC)c1. The van der Waals surface area contributed by atoms with E-state index in [-0.39, 0.29) is 36.5 Å². The van der Waals surface area contributed by atoms with Crippen molar-refractivity contribution >= 4 is 17.6 Å². The molecule has 3 rings (SSSR count). The highest BCUT2D eigenvalue weighted by Gasteiger charge is 2.43. The number of epoxide rings is 1. The third kappa shape index (κ3) is 5.28. The van der Waals surface area contributed by atoms with Gasteiger partial charge in [-0.15, -0.1) is 0 Å². The van der Waals surface area contributed by atoms with E-state index >= 15 is 0 Å². The number of hydrogen-bond acceptors (Lipinski definition) is 8. The smallest absolute Gasteiger partial charge is 0.339 e. The number of benzene rings is 2. The maximum absolute atomic E-state index is 12.8. The molecule has 164 valence electrons. The van der Waals surface area contributed by atoms with E-state index in [2.05, 4.69) is 0 Å². The fourth-order valence-corrected chi connectivity index (χ4v) is 2.94. The predicted octanol–water partition coefficient (Wildman–Crippen LogP) is 2.54. The van der Waals surface area contributed by atoms with Crippen LogP contribution in [0, 0.1) is 10.1 Å². The van der Waals surface area contributed by atoms with Gasteiger partial charge in [0.2, 0.25) is 0 Å². The van der Waals surface area contributed by atoms with Gasteiger partial charge in [-0.25, -0.2) is 4.79 Å². The van der Waals surface area contributed by atoms with Crippen LogP contribution in [0.15, 0.2) is 42.5 Å². The van der Waals surface area contributed by atoms with Gasteiger partial charge in [0.05, 0.1) is 37.4 Å². The molecule has 1 aliphatic rings. The predicted molar refractivity (Wildman–Crippen MR) is 108 cm³/mol. The lowest BCUT2D eigenvalue weighted by atomic mass is 10.1. The van der Waals surface area contributed by atoms with Gasteiger partial charge in [0, 0.05) is 23.8 Å². The summed E-state index contributed by atoms with van der Waals surface area (Å²) in [5.74, 6) is 0.0897. The average Bonchev–Trinajstić information content (AvgIpc) is 3.52. The Morgan fingerprint density at radius 1 is 1.13 bits per heavy atom. The number of carbonyl (C=O) groups excluding carboxylic acids is 2. The van der Waals surface area contributed by atoms with E-state index < -0.39 is 17.0 Å². The first-order valence-corrected chi connectivity index (χ1v) is 9.40. The van der Waals surface area contributed by atoms with Crippen molar-refractivity contribution in [1.82, 2.24) is 4.90 Å². The first-order chi connectivity index (χ1) is 14.8. The van der Waals surface area contributed by atoms with Crippen LogP contribution in [0.2, 0.25) is 0 Å². The molecule has 2 aromatic rings. The molecule has 0 N–H and O–H groups in total. The number of amides is 1. The lowest BCUT2D eigenvalue weighted by molar-refractivity contribution is -0.384. The van der Waals surface area contributed by atoms with E-state index in [0.29, 0.717) is 17.1 Å². The molecule has 0 bridgehead atoms. The van der Waals surface area contributed by atoms with Gasteiger partial charge in [0.25, 0.3) is 11.6 Å². The van der Waals surface area contributed by atoms with Crippen LogP contribution < -0.4 is 9.47 Å². The molecule has 2 aromatic carbocycles. The van der Waals surface area contributed by atoms with Crippen molar-refractivity contribution in [3.63, 3.8) is 0 Å². The summed E-state index contributed by atoms with van der Waals surface area (Å²) < 4.78 is 21.1. The summed E-state index contributed by atoms with van der Waals surface area (Å²) in [6.45, 7) is 1.57. The van der Waals surface area contributed by atoms with E-state index in [9.17, 15) is 19.7 Å². The van der Waals surface area contributed by atoms with Crippen molar-refractivity contribution in [2.75, 3.05) is 21.0 Å². The molecule has 1 heterocycles. The van der Waals surface area contributed by atoms with Crippen LogP contribution in [0.1, 0.15) is 22.8 Å². The van der Waals surface area contributed by atoms with Gasteiger partial charge in [-0.3, -0.25) is 14.9 Å². The van der Waals surface area contributed by atoms with Crippen LogP contribution in [0.4, 0.5) is 5.69 Å². The van der Waals surface area contributed by atoms with Crippen molar-refractivity contribution in [3.8, 4) is 11.5 Å². The largest absolute Gasteiger partial charge is 0.497 e. The van der Waals surface area contributed by atoms with E-state index in [1.165, 1.54) is 43.4 Å². The molecule has 0 aliphatic carbocycles. The quantitative estimate of drug-likeness (QED) is 0.196. The minimum Gasteiger partial charge on any atom is -0.497 e. The summed E-state index contributed by atoms with van der Waals surface area (Å²) >= 11 is 0. The standard InChI is InChI=1S/C21H22N2O8/c1-13-19(31-13)20(24)22(11-15-6-9-17(28-2)10-18(15)29-3)12-30-21(25)14-4-7-16(8-5-14)23(26)27/h4-10,13,19H,11-12H2,1-3H3/t13-,19-/m1/s1. The first-order valence-electron chi connectivity index (χ1n) is 9.40. The molecule has 1 saturated heterocycles. The Kier molecular flexibility index (Phi) is 6.71. The Morgan fingerprint density at radius 2 is 1.81 bits per heavy atom. The molecule has 1 amide bonds. The summed E-state index contributed by atoms with van der Waals surface area (Å²) in [7, 11) is 3.04. The molecular formula is C21H22N2O8. The van der Waals surface area contributed by atoms with Crippen LogP contribution in [0.3, 0.4) is 0 Å². The molecule has 0 radical (unpaired) electrons. The van der Waals surface area contributed by atoms with E-state index in [4.69, 9.17) is 18.9 Å². The van der Waals surface area contributed by atoms with Crippen molar-refractivity contribution < 1.29 is 33.5 Å². The minimum absolute atomic E-state index is 0.117. The van der Waals surface area contributed by atoms with Crippen LogP contribution in [-0.4, -0.2) is 54.9 Å². The third-order valence-electron chi connectivity index (χ3n) is 4.79. The summed E-state index contributed by atoms with van der Waals surface area (Å²) in [6, 6.07) is 10.2. The molecule has 10 nitrogen and oxygen atoms in total. The Morgan fingerprint density at radius 3 is 2.35 bits per heavy atom. The average molecular weight is 430 g/mol. The number of methoxy groups -OCH3 is 2. The molecule has 0 aromatic heterocycles. The van der Waals surface area contributed by atoms with Crippen LogP contribution in [0.5, 0.6) is 11.5 Å². The number of carbonyl (C=O) groups is 2. The fourth-order valence-electron chi connectivity index (χ4n) is 2.94. The molecule has 2 atom stereocenters. The van der Waals surface area contributed by atoms with Gasteiger partial charge in [-0.2, -0.15) is 0 Å². The maximum atomic E-state index is 12.8. The second-order valence-corrected chi connectivity index (χ2v) is 6.84. The van der Waals surface area contributed by atoms with Crippen LogP contribution in [0.25, 0.3) is 0 Å². The molecule has 10 heteroatoms. The van der Waals surface area contributed by atoms with Crippen molar-refractivity contribution in [3.05, 3.63) is 63.7 Å². The first kappa shape index (κ1) is 22.0. The van der Waals surface area contributed by atoms with Gasteiger partial charge in [0.15, 0.2) is 12.8 Å². The number of rotatable bonds is 9. The zero-order valence-electron chi connectivity index (χ0n) is 17.3. The molecule has 0 spiro atoms. The van der Waals surface area contributed by atoms with Gasteiger partial charge in [-0.05, 0) is 31.2 Å². The molecule has 0 unspecified atom stereocenters. The highest BCUT2D eigenvalue weighted by atomic mass is 16.6. The lowest BCUT2D eigenvalue weighted by Crippen LogP contribution is -2.37. The lowest BCUT2D eigenvalue weighted by Gasteiger charge is -2.23. The summed E-state index contributed by atoms with van der Waals surface area (Å²) in [6.07, 6.45) is -0.805. The topological polar surface area (TPSA) is 121 Å². The van der Waals surface area contributed by atoms with Gasteiger partial charge >= 0.3 is 5.97 Å². The fraction of sp³-hybridized carbons (Fsp3) is 0.333. The molecule has 1 fully saturated rings. The Hall–Kier alpha value is -3.66. The number of non-ortho nitro benzene ring substituents is 1. The molecule has 0 saturated carbocycles. The highest BCUT2D eigenvalue weighted by Crippen LogP contribution is 2.28. The van der Waals surface area contributed by atoms with Gasteiger partial charge < -0.3 is 23.8 Å². The molecular weight excluding hydrogens is 408 g/mol. The number of nitro benzene ring substituents is 1. The Bertz CT molecular complexity index is 976. The highest BCUT2D eigenvalue weighted by molar-refractivity contribution is 5.90. The van der Waals surface area contributed by atoms with Crippen molar-refractivity contribution in [1.29, 1.82) is 0 Å². The molecule has 31 heavy (non-hydrogen) atoms. The number of esters is 1. The Balaban J connectivity index is 1.73. The number of ether oxygens (including phenoxy) is 4. The third-order valence-corrected chi connectivity index (χ3v) is 4.79. The Labute approximate surface area is 178 Å². The second kappa shape index (κ2) is 9.43. The van der Waals surface area contributed by atoms with Crippen LogP contribution >= 0.6 is 0 Å².